The number of hydrogen-bond donors (Lipinski definition) is 1. The fourth-order valence-corrected chi connectivity index (χ4v) is 2.12. The van der Waals surface area contributed by atoms with Gasteiger partial charge in [-0.1, -0.05) is 30.9 Å². The molecule has 1 aliphatic rings. The van der Waals surface area contributed by atoms with E-state index in [0.717, 1.165) is 19.6 Å². The molecule has 1 rings (SSSR count). The molecule has 0 amide bonds. The molecule has 2 heteroatoms. The van der Waals surface area contributed by atoms with Gasteiger partial charge < -0.3 is 5.32 Å². The van der Waals surface area contributed by atoms with Gasteiger partial charge in [0.1, 0.15) is 0 Å². The second-order valence-electron chi connectivity index (χ2n) is 4.49. The van der Waals surface area contributed by atoms with Crippen molar-refractivity contribution in [1.82, 2.24) is 10.2 Å². The van der Waals surface area contributed by atoms with Crippen LogP contribution in [0.5, 0.6) is 0 Å². The molecule has 0 radical (unpaired) electrons. The van der Waals surface area contributed by atoms with Gasteiger partial charge in [0, 0.05) is 31.7 Å². The molecule has 1 N–H and O–H groups in total. The quantitative estimate of drug-likeness (QED) is 0.732. The zero-order chi connectivity index (χ0) is 12.0. The van der Waals surface area contributed by atoms with E-state index in [4.69, 9.17) is 0 Å². The van der Waals surface area contributed by atoms with E-state index in [0.29, 0.717) is 12.1 Å². The highest BCUT2D eigenvalue weighted by Gasteiger charge is 2.24. The van der Waals surface area contributed by atoms with Crippen molar-refractivity contribution in [3.05, 3.63) is 36.5 Å². The maximum Gasteiger partial charge on any atom is 0.0237 e. The van der Waals surface area contributed by atoms with E-state index < -0.39 is 0 Å². The Kier molecular flexibility index (Phi) is 5.50. The highest BCUT2D eigenvalue weighted by molar-refractivity contribution is 5.22. The summed E-state index contributed by atoms with van der Waals surface area (Å²) in [6.07, 6.45) is 8.16. The summed E-state index contributed by atoms with van der Waals surface area (Å²) in [6.45, 7) is 13.6. The Labute approximate surface area is 99.7 Å². The van der Waals surface area contributed by atoms with Crippen LogP contribution in [0.4, 0.5) is 0 Å². The van der Waals surface area contributed by atoms with E-state index in [-0.39, 0.29) is 0 Å². The van der Waals surface area contributed by atoms with E-state index in [1.807, 2.05) is 12.2 Å². The highest BCUT2D eigenvalue weighted by atomic mass is 15.2. The maximum atomic E-state index is 3.71. The van der Waals surface area contributed by atoms with Crippen molar-refractivity contribution in [1.29, 1.82) is 0 Å². The van der Waals surface area contributed by atoms with Gasteiger partial charge in [0.25, 0.3) is 0 Å². The molecule has 90 valence electrons. The molecule has 1 heterocycles. The van der Waals surface area contributed by atoms with Gasteiger partial charge in [0.15, 0.2) is 0 Å². The molecule has 2 nitrogen and oxygen atoms in total. The van der Waals surface area contributed by atoms with Crippen LogP contribution in [-0.2, 0) is 0 Å². The number of allylic oxidation sites excluding steroid dienone is 3. The number of nitrogens with one attached hydrogen (secondary N) is 1. The first-order chi connectivity index (χ1) is 7.69. The molecule has 1 saturated heterocycles. The SMILES string of the molecule is C=C/C=C\C(=C/C)CN1C(C)CNCC1C. The largest absolute Gasteiger partial charge is 0.314 e. The summed E-state index contributed by atoms with van der Waals surface area (Å²) in [4.78, 5) is 2.55. The first-order valence-electron chi connectivity index (χ1n) is 6.09. The van der Waals surface area contributed by atoms with Crippen LogP contribution in [0.1, 0.15) is 20.8 Å². The second-order valence-corrected chi connectivity index (χ2v) is 4.49. The van der Waals surface area contributed by atoms with Crippen LogP contribution in [0.3, 0.4) is 0 Å². The van der Waals surface area contributed by atoms with Crippen LogP contribution in [0.2, 0.25) is 0 Å². The van der Waals surface area contributed by atoms with E-state index >= 15 is 0 Å². The number of piperazine rings is 1. The van der Waals surface area contributed by atoms with Crippen molar-refractivity contribution in [3.8, 4) is 0 Å². The first kappa shape index (κ1) is 13.2. The molecule has 2 unspecified atom stereocenters. The van der Waals surface area contributed by atoms with Crippen molar-refractivity contribution >= 4 is 0 Å². The van der Waals surface area contributed by atoms with E-state index in [9.17, 15) is 0 Å². The van der Waals surface area contributed by atoms with E-state index in [1.165, 1.54) is 5.57 Å². The van der Waals surface area contributed by atoms with Crippen LogP contribution < -0.4 is 5.32 Å². The molecule has 0 aromatic heterocycles. The monoisotopic (exact) mass is 220 g/mol. The topological polar surface area (TPSA) is 15.3 Å². The van der Waals surface area contributed by atoms with E-state index in [1.54, 1.807) is 0 Å². The van der Waals surface area contributed by atoms with Gasteiger partial charge in [-0.2, -0.15) is 0 Å². The zero-order valence-electron chi connectivity index (χ0n) is 10.7. The lowest BCUT2D eigenvalue weighted by Crippen LogP contribution is -2.55. The molecule has 0 spiro atoms. The third-order valence-corrected chi connectivity index (χ3v) is 3.19. The number of nitrogens with zero attached hydrogens (tertiary/aromatic N) is 1. The molecular formula is C14H24N2. The van der Waals surface area contributed by atoms with Gasteiger partial charge in [0.05, 0.1) is 0 Å². The predicted octanol–water partition coefficient (Wildman–Crippen LogP) is 2.36. The van der Waals surface area contributed by atoms with Crippen LogP contribution in [0.25, 0.3) is 0 Å². The minimum absolute atomic E-state index is 0.607. The summed E-state index contributed by atoms with van der Waals surface area (Å²) >= 11 is 0. The van der Waals surface area contributed by atoms with E-state index in [2.05, 4.69) is 49.7 Å². The summed E-state index contributed by atoms with van der Waals surface area (Å²) in [7, 11) is 0. The fourth-order valence-electron chi connectivity index (χ4n) is 2.12. The van der Waals surface area contributed by atoms with Gasteiger partial charge >= 0.3 is 0 Å². The fraction of sp³-hybridized carbons (Fsp3) is 0.571. The van der Waals surface area contributed by atoms with Crippen molar-refractivity contribution in [2.75, 3.05) is 19.6 Å². The van der Waals surface area contributed by atoms with Crippen molar-refractivity contribution < 1.29 is 0 Å². The minimum atomic E-state index is 0.607. The Morgan fingerprint density at radius 1 is 1.38 bits per heavy atom. The van der Waals surface area contributed by atoms with Crippen molar-refractivity contribution in [3.63, 3.8) is 0 Å². The van der Waals surface area contributed by atoms with Gasteiger partial charge in [-0.25, -0.2) is 0 Å². The molecule has 0 saturated carbocycles. The molecule has 0 aromatic rings. The number of rotatable bonds is 4. The Balaban J connectivity index is 2.62. The Morgan fingerprint density at radius 3 is 2.50 bits per heavy atom. The molecule has 0 aliphatic carbocycles. The minimum Gasteiger partial charge on any atom is -0.314 e. The van der Waals surface area contributed by atoms with Crippen LogP contribution in [-0.4, -0.2) is 36.6 Å². The third-order valence-electron chi connectivity index (χ3n) is 3.19. The summed E-state index contributed by atoms with van der Waals surface area (Å²) in [6, 6.07) is 1.21. The second kappa shape index (κ2) is 6.66. The third kappa shape index (κ3) is 3.62. The summed E-state index contributed by atoms with van der Waals surface area (Å²) in [5, 5.41) is 3.45. The lowest BCUT2D eigenvalue weighted by molar-refractivity contribution is 0.130. The zero-order valence-corrected chi connectivity index (χ0v) is 10.7. The number of hydrogen-bond acceptors (Lipinski definition) is 2. The molecule has 1 aliphatic heterocycles. The molecular weight excluding hydrogens is 196 g/mol. The maximum absolute atomic E-state index is 3.71. The molecule has 1 fully saturated rings. The average molecular weight is 220 g/mol. The normalized spacial score (nSPS) is 28.6. The lowest BCUT2D eigenvalue weighted by atomic mass is 10.1. The van der Waals surface area contributed by atoms with Gasteiger partial charge in [0.2, 0.25) is 0 Å². The highest BCUT2D eigenvalue weighted by Crippen LogP contribution is 2.13. The predicted molar refractivity (Wildman–Crippen MR) is 71.6 cm³/mol. The first-order valence-corrected chi connectivity index (χ1v) is 6.09. The molecule has 16 heavy (non-hydrogen) atoms. The standard InChI is InChI=1S/C14H24N2/c1-5-7-8-14(6-2)11-16-12(3)9-15-10-13(16)4/h5-8,12-13,15H,1,9-11H2,2-4H3/b8-7-,14-6+. The molecule has 2 atom stereocenters. The van der Waals surface area contributed by atoms with Gasteiger partial charge in [-0.05, 0) is 26.3 Å². The molecule has 0 bridgehead atoms. The van der Waals surface area contributed by atoms with Crippen LogP contribution in [0, 0.1) is 0 Å². The molecule has 0 aromatic carbocycles. The van der Waals surface area contributed by atoms with Crippen molar-refractivity contribution in [2.45, 2.75) is 32.9 Å². The average Bonchev–Trinajstić information content (AvgIpc) is 2.28. The smallest absolute Gasteiger partial charge is 0.0237 e. The van der Waals surface area contributed by atoms with Crippen LogP contribution >= 0.6 is 0 Å². The van der Waals surface area contributed by atoms with Crippen molar-refractivity contribution in [2.24, 2.45) is 0 Å². The Morgan fingerprint density at radius 2 is 2.00 bits per heavy atom. The summed E-state index contributed by atoms with van der Waals surface area (Å²) in [5.74, 6) is 0. The Hall–Kier alpha value is -0.860. The Bertz CT molecular complexity index is 268. The lowest BCUT2D eigenvalue weighted by Gasteiger charge is -2.39. The summed E-state index contributed by atoms with van der Waals surface area (Å²) < 4.78 is 0. The van der Waals surface area contributed by atoms with Crippen LogP contribution in [0.15, 0.2) is 36.5 Å². The van der Waals surface area contributed by atoms with Gasteiger partial charge in [-0.3, -0.25) is 4.90 Å². The van der Waals surface area contributed by atoms with Gasteiger partial charge in [-0.15, -0.1) is 0 Å². The summed E-state index contributed by atoms with van der Waals surface area (Å²) in [5.41, 5.74) is 1.36.